The van der Waals surface area contributed by atoms with Crippen LogP contribution in [0.25, 0.3) is 67.1 Å². The van der Waals surface area contributed by atoms with Crippen molar-refractivity contribution in [3.63, 3.8) is 0 Å². The van der Waals surface area contributed by atoms with Crippen molar-refractivity contribution in [2.75, 3.05) is 0 Å². The summed E-state index contributed by atoms with van der Waals surface area (Å²) in [4.78, 5) is 10.9. The van der Waals surface area contributed by atoms with Gasteiger partial charge < -0.3 is 0 Å². The van der Waals surface area contributed by atoms with E-state index in [0.29, 0.717) is 0 Å². The highest BCUT2D eigenvalue weighted by molar-refractivity contribution is 5.95. The molecule has 0 N–H and O–H groups in total. The van der Waals surface area contributed by atoms with Gasteiger partial charge in [-0.25, -0.2) is 9.97 Å². The SMILES string of the molecule is c1cc(-n2c3ccccc3n3c4cccc(CC5CCCC5)c4nc23)cc(-n2c3ccccc3n3c4cccc(CC5CCCC5)c4nc23)c1. The molecule has 0 radical (unpaired) electrons. The molecule has 4 aromatic heterocycles. The summed E-state index contributed by atoms with van der Waals surface area (Å²) in [6, 6.07) is 40.0. The fourth-order valence-electron chi connectivity index (χ4n) is 9.63. The van der Waals surface area contributed by atoms with E-state index in [1.54, 1.807) is 0 Å². The fraction of sp³-hybridized carbons (Fsp3) is 0.273. The quantitative estimate of drug-likeness (QED) is 0.179. The molecule has 0 aliphatic heterocycles. The van der Waals surface area contributed by atoms with Gasteiger partial charge in [0.15, 0.2) is 0 Å². The Balaban J connectivity index is 1.12. The topological polar surface area (TPSA) is 44.5 Å². The van der Waals surface area contributed by atoms with Gasteiger partial charge in [0.1, 0.15) is 0 Å². The van der Waals surface area contributed by atoms with E-state index in [1.165, 1.54) is 84.6 Å². The predicted octanol–water partition coefficient (Wildman–Crippen LogP) is 10.6. The van der Waals surface area contributed by atoms with Crippen LogP contribution in [0.5, 0.6) is 0 Å². The lowest BCUT2D eigenvalue weighted by atomic mass is 9.97. The van der Waals surface area contributed by atoms with E-state index in [4.69, 9.17) is 9.97 Å². The third kappa shape index (κ3) is 4.20. The highest BCUT2D eigenvalue weighted by atomic mass is 15.2. The van der Waals surface area contributed by atoms with E-state index < -0.39 is 0 Å². The molecule has 0 saturated heterocycles. The first kappa shape index (κ1) is 28.5. The first-order valence-electron chi connectivity index (χ1n) is 18.7. The van der Waals surface area contributed by atoms with Crippen LogP contribution >= 0.6 is 0 Å². The summed E-state index contributed by atoms with van der Waals surface area (Å²) in [5.74, 6) is 3.46. The standard InChI is InChI=1S/C44H40N6/c1-2-13-29(12-1)26-31-16-9-24-39-41(31)45-43-47(35-20-5-7-22-37(35)49(39)43)33-18-11-19-34(28-33)48-36-21-6-8-23-38(36)50-40-25-10-17-32(42(40)46-44(48)50)27-30-14-3-4-15-30/h5-11,16-25,28-30H,1-4,12-15,26-27H2. The number of hydrogen-bond donors (Lipinski definition) is 0. The Morgan fingerprint density at radius 1 is 0.440 bits per heavy atom. The van der Waals surface area contributed by atoms with E-state index in [1.807, 2.05) is 0 Å². The lowest BCUT2D eigenvalue weighted by Crippen LogP contribution is -2.01. The molecule has 2 aliphatic rings. The van der Waals surface area contributed by atoms with E-state index in [2.05, 4.69) is 127 Å². The number of nitrogens with zero attached hydrogens (tertiary/aromatic N) is 6. The third-order valence-corrected chi connectivity index (χ3v) is 11.9. The molecule has 2 fully saturated rings. The molecule has 50 heavy (non-hydrogen) atoms. The van der Waals surface area contributed by atoms with Crippen molar-refractivity contribution in [1.82, 2.24) is 27.9 Å². The Morgan fingerprint density at radius 3 is 1.30 bits per heavy atom. The Bertz CT molecular complexity index is 2560. The normalized spacial score (nSPS) is 16.2. The number of aromatic nitrogens is 6. The van der Waals surface area contributed by atoms with Crippen LogP contribution < -0.4 is 0 Å². The van der Waals surface area contributed by atoms with Gasteiger partial charge in [0.2, 0.25) is 11.6 Å². The number of rotatable bonds is 6. The van der Waals surface area contributed by atoms with Crippen molar-refractivity contribution in [2.45, 2.75) is 64.2 Å². The van der Waals surface area contributed by atoms with Crippen molar-refractivity contribution in [3.05, 3.63) is 120 Å². The van der Waals surface area contributed by atoms with Crippen LogP contribution in [0.4, 0.5) is 0 Å². The minimum Gasteiger partial charge on any atom is -0.278 e. The first-order valence-corrected chi connectivity index (χ1v) is 18.7. The summed E-state index contributed by atoms with van der Waals surface area (Å²) in [5.41, 5.74) is 14.3. The van der Waals surface area contributed by atoms with Gasteiger partial charge in [-0.3, -0.25) is 17.9 Å². The molecule has 6 nitrogen and oxygen atoms in total. The maximum atomic E-state index is 5.45. The van der Waals surface area contributed by atoms with Gasteiger partial charge in [0, 0.05) is 0 Å². The summed E-state index contributed by atoms with van der Waals surface area (Å²) in [6.07, 6.45) is 13.0. The predicted molar refractivity (Wildman–Crippen MR) is 204 cm³/mol. The van der Waals surface area contributed by atoms with E-state index >= 15 is 0 Å². The fourth-order valence-corrected chi connectivity index (χ4v) is 9.63. The smallest absolute Gasteiger partial charge is 0.220 e. The molecule has 2 aliphatic carbocycles. The maximum absolute atomic E-state index is 5.45. The molecular formula is C44H40N6. The molecule has 0 bridgehead atoms. The highest BCUT2D eigenvalue weighted by Gasteiger charge is 2.24. The lowest BCUT2D eigenvalue weighted by molar-refractivity contribution is 0.548. The van der Waals surface area contributed by atoms with Crippen molar-refractivity contribution in [3.8, 4) is 11.4 Å². The van der Waals surface area contributed by atoms with Crippen LogP contribution in [0.2, 0.25) is 0 Å². The summed E-state index contributed by atoms with van der Waals surface area (Å²) >= 11 is 0. The largest absolute Gasteiger partial charge is 0.278 e. The molecule has 11 rings (SSSR count). The average molecular weight is 653 g/mol. The van der Waals surface area contributed by atoms with Gasteiger partial charge in [0.05, 0.1) is 55.5 Å². The van der Waals surface area contributed by atoms with Gasteiger partial charge in [-0.2, -0.15) is 0 Å². The summed E-state index contributed by atoms with van der Waals surface area (Å²) in [7, 11) is 0. The Kier molecular flexibility index (Phi) is 6.31. The van der Waals surface area contributed by atoms with E-state index in [0.717, 1.165) is 69.7 Å². The third-order valence-electron chi connectivity index (χ3n) is 11.9. The van der Waals surface area contributed by atoms with Gasteiger partial charge in [0.25, 0.3) is 0 Å². The number of imidazole rings is 4. The van der Waals surface area contributed by atoms with Gasteiger partial charge >= 0.3 is 0 Å². The van der Waals surface area contributed by atoms with Gasteiger partial charge in [-0.15, -0.1) is 0 Å². The summed E-state index contributed by atoms with van der Waals surface area (Å²) < 4.78 is 9.43. The van der Waals surface area contributed by atoms with Gasteiger partial charge in [-0.1, -0.05) is 106 Å². The minimum atomic E-state index is 0.767. The van der Waals surface area contributed by atoms with E-state index in [-0.39, 0.29) is 0 Å². The van der Waals surface area contributed by atoms with Crippen LogP contribution in [0.15, 0.2) is 109 Å². The van der Waals surface area contributed by atoms with Crippen LogP contribution in [-0.4, -0.2) is 27.9 Å². The van der Waals surface area contributed by atoms with Crippen LogP contribution in [-0.2, 0) is 12.8 Å². The lowest BCUT2D eigenvalue weighted by Gasteiger charge is -2.11. The van der Waals surface area contributed by atoms with Crippen LogP contribution in [0.3, 0.4) is 0 Å². The Morgan fingerprint density at radius 2 is 0.840 bits per heavy atom. The van der Waals surface area contributed by atoms with Crippen molar-refractivity contribution >= 4 is 55.7 Å². The molecule has 6 heteroatoms. The number of fused-ring (bicyclic) bond motifs is 10. The molecular weight excluding hydrogens is 613 g/mol. The second-order valence-electron chi connectivity index (χ2n) is 14.9. The number of para-hydroxylation sites is 6. The molecule has 0 atom stereocenters. The minimum absolute atomic E-state index is 0.767. The molecule has 0 spiro atoms. The highest BCUT2D eigenvalue weighted by Crippen LogP contribution is 2.36. The van der Waals surface area contributed by atoms with Crippen molar-refractivity contribution in [2.24, 2.45) is 11.8 Å². The monoisotopic (exact) mass is 652 g/mol. The van der Waals surface area contributed by atoms with Crippen molar-refractivity contribution < 1.29 is 0 Å². The zero-order valence-corrected chi connectivity index (χ0v) is 28.3. The first-order chi connectivity index (χ1) is 24.8. The molecule has 2 saturated carbocycles. The number of hydrogen-bond acceptors (Lipinski definition) is 2. The van der Waals surface area contributed by atoms with Crippen LogP contribution in [0, 0.1) is 11.8 Å². The average Bonchev–Trinajstić information content (AvgIpc) is 4.00. The van der Waals surface area contributed by atoms with E-state index in [9.17, 15) is 0 Å². The molecule has 9 aromatic rings. The summed E-state index contributed by atoms with van der Waals surface area (Å²) in [5, 5.41) is 0. The number of benzene rings is 5. The second kappa shape index (κ2) is 11.1. The molecule has 0 amide bonds. The Labute approximate surface area is 290 Å². The zero-order chi connectivity index (χ0) is 32.8. The Hall–Kier alpha value is -5.36. The molecule has 0 unspecified atom stereocenters. The second-order valence-corrected chi connectivity index (χ2v) is 14.9. The summed E-state index contributed by atoms with van der Waals surface area (Å²) in [6.45, 7) is 0. The molecule has 246 valence electrons. The van der Waals surface area contributed by atoms with Crippen LogP contribution in [0.1, 0.15) is 62.5 Å². The molecule has 5 aromatic carbocycles. The maximum Gasteiger partial charge on any atom is 0.220 e. The van der Waals surface area contributed by atoms with Crippen molar-refractivity contribution in [1.29, 1.82) is 0 Å². The molecule has 4 heterocycles. The zero-order valence-electron chi connectivity index (χ0n) is 28.3. The van der Waals surface area contributed by atoms with Gasteiger partial charge in [-0.05, 0) is 90.4 Å².